The monoisotopic (exact) mass is 264 g/mol. The van der Waals surface area contributed by atoms with Gasteiger partial charge >= 0.3 is 7.12 Å². The van der Waals surface area contributed by atoms with Gasteiger partial charge in [-0.1, -0.05) is 6.07 Å². The van der Waals surface area contributed by atoms with Crippen LogP contribution in [0.2, 0.25) is 0 Å². The molecular weight excluding hydrogens is 246 g/mol. The first-order valence-electron chi connectivity index (χ1n) is 6.61. The highest BCUT2D eigenvalue weighted by Gasteiger charge is 2.52. The molecule has 0 aromatic heterocycles. The molecule has 3 rings (SSSR count). The van der Waals surface area contributed by atoms with E-state index in [1.807, 2.05) is 33.8 Å². The molecule has 5 heteroatoms. The standard InChI is InChI=1S/C14H18BFO3/c1-13(2)14(3,4)19-15(18-13)10-7-9-5-6-17-12(9)11(16)8-10/h7-8H,5-6H2,1-4H3. The molecule has 19 heavy (non-hydrogen) atoms. The van der Waals surface area contributed by atoms with Crippen molar-refractivity contribution in [1.82, 2.24) is 0 Å². The summed E-state index contributed by atoms with van der Waals surface area (Å²) in [5.41, 5.74) is 0.790. The van der Waals surface area contributed by atoms with Crippen molar-refractivity contribution in [3.8, 4) is 5.75 Å². The van der Waals surface area contributed by atoms with E-state index in [4.69, 9.17) is 14.0 Å². The molecule has 1 aromatic rings. The largest absolute Gasteiger partial charge is 0.494 e. The summed E-state index contributed by atoms with van der Waals surface area (Å²) >= 11 is 0. The fourth-order valence-electron chi connectivity index (χ4n) is 2.40. The number of halogens is 1. The molecule has 1 fully saturated rings. The predicted molar refractivity (Wildman–Crippen MR) is 71.3 cm³/mol. The molecule has 0 atom stereocenters. The number of rotatable bonds is 1. The molecule has 0 unspecified atom stereocenters. The van der Waals surface area contributed by atoms with Gasteiger partial charge in [-0.3, -0.25) is 0 Å². The van der Waals surface area contributed by atoms with Crippen LogP contribution in [-0.2, 0) is 15.7 Å². The van der Waals surface area contributed by atoms with Gasteiger partial charge in [0.25, 0.3) is 0 Å². The van der Waals surface area contributed by atoms with Crippen molar-refractivity contribution in [2.24, 2.45) is 0 Å². The maximum atomic E-state index is 14.0. The average Bonchev–Trinajstić information content (AvgIpc) is 2.82. The van der Waals surface area contributed by atoms with Crippen LogP contribution in [0.4, 0.5) is 4.39 Å². The van der Waals surface area contributed by atoms with E-state index in [-0.39, 0.29) is 5.82 Å². The van der Waals surface area contributed by atoms with E-state index in [1.54, 1.807) is 0 Å². The van der Waals surface area contributed by atoms with Crippen molar-refractivity contribution in [2.75, 3.05) is 6.61 Å². The van der Waals surface area contributed by atoms with Gasteiger partial charge in [0.2, 0.25) is 0 Å². The van der Waals surface area contributed by atoms with Crippen molar-refractivity contribution in [1.29, 1.82) is 0 Å². The topological polar surface area (TPSA) is 27.7 Å². The summed E-state index contributed by atoms with van der Waals surface area (Å²) in [7, 11) is -0.523. The third-order valence-electron chi connectivity index (χ3n) is 4.29. The Labute approximate surface area is 113 Å². The zero-order valence-corrected chi connectivity index (χ0v) is 11.7. The van der Waals surface area contributed by atoms with Gasteiger partial charge < -0.3 is 14.0 Å². The Morgan fingerprint density at radius 2 is 1.74 bits per heavy atom. The highest BCUT2D eigenvalue weighted by molar-refractivity contribution is 6.62. The Bertz CT molecular complexity index is 512. The minimum absolute atomic E-state index is 0.334. The van der Waals surface area contributed by atoms with Gasteiger partial charge in [-0.2, -0.15) is 0 Å². The molecule has 2 heterocycles. The van der Waals surface area contributed by atoms with Crippen molar-refractivity contribution in [3.05, 3.63) is 23.5 Å². The molecular formula is C14H18BFO3. The van der Waals surface area contributed by atoms with Crippen LogP contribution in [0.15, 0.2) is 12.1 Å². The van der Waals surface area contributed by atoms with Crippen LogP contribution in [0.1, 0.15) is 33.3 Å². The molecule has 0 amide bonds. The van der Waals surface area contributed by atoms with Crippen LogP contribution in [0.5, 0.6) is 5.75 Å². The Morgan fingerprint density at radius 3 is 2.37 bits per heavy atom. The summed E-state index contributed by atoms with van der Waals surface area (Å²) in [6.07, 6.45) is 0.736. The quantitative estimate of drug-likeness (QED) is 0.727. The molecule has 0 saturated carbocycles. The molecule has 2 aliphatic rings. The maximum Gasteiger partial charge on any atom is 0.494 e. The first kappa shape index (κ1) is 12.9. The number of benzene rings is 1. The second-order valence-electron chi connectivity index (χ2n) is 6.18. The zero-order valence-electron chi connectivity index (χ0n) is 11.7. The molecule has 0 radical (unpaired) electrons. The summed E-state index contributed by atoms with van der Waals surface area (Å²) in [5.74, 6) is 0.0416. The van der Waals surface area contributed by atoms with E-state index >= 15 is 0 Å². The fourth-order valence-corrected chi connectivity index (χ4v) is 2.40. The van der Waals surface area contributed by atoms with E-state index in [9.17, 15) is 4.39 Å². The number of ether oxygens (including phenoxy) is 1. The lowest BCUT2D eigenvalue weighted by atomic mass is 9.78. The number of hydrogen-bond donors (Lipinski definition) is 0. The molecule has 3 nitrogen and oxygen atoms in total. The van der Waals surface area contributed by atoms with Crippen LogP contribution in [0, 0.1) is 5.82 Å². The summed E-state index contributed by atoms with van der Waals surface area (Å²) in [6, 6.07) is 3.37. The first-order valence-corrected chi connectivity index (χ1v) is 6.61. The lowest BCUT2D eigenvalue weighted by molar-refractivity contribution is 0.00578. The van der Waals surface area contributed by atoms with Gasteiger partial charge in [0.05, 0.1) is 17.8 Å². The van der Waals surface area contributed by atoms with Gasteiger partial charge in [-0.15, -0.1) is 0 Å². The molecule has 0 aliphatic carbocycles. The van der Waals surface area contributed by atoms with Crippen molar-refractivity contribution >= 4 is 12.6 Å². The summed E-state index contributed by atoms with van der Waals surface area (Å²) in [4.78, 5) is 0. The Hall–Kier alpha value is -1.07. The average molecular weight is 264 g/mol. The SMILES string of the molecule is CC1(C)OB(c2cc(F)c3c(c2)CCO3)OC1(C)C. The molecule has 0 bridgehead atoms. The number of fused-ring (bicyclic) bond motifs is 1. The van der Waals surface area contributed by atoms with E-state index < -0.39 is 18.3 Å². The van der Waals surface area contributed by atoms with Gasteiger partial charge in [-0.05, 0) is 39.2 Å². The van der Waals surface area contributed by atoms with Gasteiger partial charge in [0.1, 0.15) is 0 Å². The second kappa shape index (κ2) is 3.96. The van der Waals surface area contributed by atoms with E-state index in [1.165, 1.54) is 6.07 Å². The highest BCUT2D eigenvalue weighted by Crippen LogP contribution is 2.37. The summed E-state index contributed by atoms with van der Waals surface area (Å²) in [6.45, 7) is 8.48. The number of hydrogen-bond acceptors (Lipinski definition) is 3. The van der Waals surface area contributed by atoms with E-state index in [0.717, 1.165) is 17.4 Å². The van der Waals surface area contributed by atoms with Crippen LogP contribution >= 0.6 is 0 Å². The smallest absolute Gasteiger partial charge is 0.490 e. The third-order valence-corrected chi connectivity index (χ3v) is 4.29. The van der Waals surface area contributed by atoms with Crippen LogP contribution < -0.4 is 10.2 Å². The zero-order chi connectivity index (χ0) is 13.8. The molecule has 1 saturated heterocycles. The molecule has 0 spiro atoms. The summed E-state index contributed by atoms with van der Waals surface area (Å²) in [5, 5.41) is 0. The summed E-state index contributed by atoms with van der Waals surface area (Å²) < 4.78 is 31.1. The molecule has 2 aliphatic heterocycles. The van der Waals surface area contributed by atoms with Crippen LogP contribution in [0.25, 0.3) is 0 Å². The minimum atomic E-state index is -0.523. The Balaban J connectivity index is 1.95. The molecule has 1 aromatic carbocycles. The van der Waals surface area contributed by atoms with Crippen molar-refractivity contribution < 1.29 is 18.4 Å². The van der Waals surface area contributed by atoms with Gasteiger partial charge in [0.15, 0.2) is 11.6 Å². The van der Waals surface area contributed by atoms with Gasteiger partial charge in [-0.25, -0.2) is 4.39 Å². The Kier molecular flexibility index (Phi) is 2.70. The van der Waals surface area contributed by atoms with Crippen molar-refractivity contribution in [2.45, 2.75) is 45.3 Å². The maximum absolute atomic E-state index is 14.0. The van der Waals surface area contributed by atoms with Crippen LogP contribution in [0.3, 0.4) is 0 Å². The normalized spacial score (nSPS) is 23.3. The lowest BCUT2D eigenvalue weighted by Gasteiger charge is -2.32. The molecule has 0 N–H and O–H groups in total. The second-order valence-corrected chi connectivity index (χ2v) is 6.18. The highest BCUT2D eigenvalue weighted by atomic mass is 19.1. The van der Waals surface area contributed by atoms with Gasteiger partial charge in [0, 0.05) is 12.0 Å². The minimum Gasteiger partial charge on any atom is -0.490 e. The van der Waals surface area contributed by atoms with Crippen molar-refractivity contribution in [3.63, 3.8) is 0 Å². The molecule has 102 valence electrons. The fraction of sp³-hybridized carbons (Fsp3) is 0.571. The van der Waals surface area contributed by atoms with E-state index in [0.29, 0.717) is 12.4 Å². The first-order chi connectivity index (χ1) is 8.80. The lowest BCUT2D eigenvalue weighted by Crippen LogP contribution is -2.41. The van der Waals surface area contributed by atoms with Crippen LogP contribution in [-0.4, -0.2) is 24.9 Å². The Morgan fingerprint density at radius 1 is 1.11 bits per heavy atom. The predicted octanol–water partition coefficient (Wildman–Crippen LogP) is 2.06. The third kappa shape index (κ3) is 1.96. The van der Waals surface area contributed by atoms with E-state index in [2.05, 4.69) is 0 Å².